The number of hydrogen-bond acceptors (Lipinski definition) is 5. The number of nitrogens with zero attached hydrogens (tertiary/aromatic N) is 4. The van der Waals surface area contributed by atoms with E-state index in [-0.39, 0.29) is 12.1 Å². The predicted octanol–water partition coefficient (Wildman–Crippen LogP) is 1.61. The highest BCUT2D eigenvalue weighted by molar-refractivity contribution is 7.09. The van der Waals surface area contributed by atoms with Crippen molar-refractivity contribution in [1.29, 1.82) is 0 Å². The van der Waals surface area contributed by atoms with Crippen molar-refractivity contribution in [2.75, 3.05) is 18.4 Å². The minimum atomic E-state index is -0.859. The van der Waals surface area contributed by atoms with Crippen LogP contribution in [0.4, 0.5) is 15.0 Å². The maximum Gasteiger partial charge on any atom is 0.320 e. The largest absolute Gasteiger partial charge is 0.336 e. The van der Waals surface area contributed by atoms with Crippen molar-refractivity contribution < 1.29 is 9.18 Å². The van der Waals surface area contributed by atoms with Crippen molar-refractivity contribution in [2.24, 2.45) is 7.05 Å². The van der Waals surface area contributed by atoms with E-state index in [0.717, 1.165) is 5.01 Å². The number of urea groups is 1. The van der Waals surface area contributed by atoms with Gasteiger partial charge in [0.05, 0.1) is 12.7 Å². The molecule has 0 aromatic carbocycles. The first-order valence-corrected chi connectivity index (χ1v) is 8.29. The van der Waals surface area contributed by atoms with E-state index in [2.05, 4.69) is 20.7 Å². The Kier molecular flexibility index (Phi) is 4.87. The predicted molar refractivity (Wildman–Crippen MR) is 86.1 cm³/mol. The Morgan fingerprint density at radius 3 is 3.09 bits per heavy atom. The molecule has 1 aliphatic rings. The lowest BCUT2D eigenvalue weighted by atomic mass is 10.2. The second kappa shape index (κ2) is 7.05. The lowest BCUT2D eigenvalue weighted by molar-refractivity contribution is 0.224. The SMILES string of the molecule is Cn1nccc1NC(=O)NC[C@@H]1C[C@H](F)CN1Cc1nccs1. The van der Waals surface area contributed by atoms with E-state index in [1.165, 1.54) is 0 Å². The average molecular weight is 338 g/mol. The van der Waals surface area contributed by atoms with Gasteiger partial charge in [0, 0.05) is 43.8 Å². The Balaban J connectivity index is 1.51. The second-order valence-electron chi connectivity index (χ2n) is 5.52. The molecule has 3 heterocycles. The lowest BCUT2D eigenvalue weighted by Gasteiger charge is -2.23. The molecule has 0 radical (unpaired) electrons. The summed E-state index contributed by atoms with van der Waals surface area (Å²) in [6.45, 7) is 1.40. The molecule has 124 valence electrons. The van der Waals surface area contributed by atoms with Crippen LogP contribution in [0.15, 0.2) is 23.8 Å². The number of carbonyl (C=O) groups is 1. The van der Waals surface area contributed by atoms with Gasteiger partial charge in [-0.2, -0.15) is 5.10 Å². The van der Waals surface area contributed by atoms with Crippen molar-refractivity contribution in [2.45, 2.75) is 25.2 Å². The fraction of sp³-hybridized carbons (Fsp3) is 0.500. The first-order chi connectivity index (χ1) is 11.1. The van der Waals surface area contributed by atoms with Crippen molar-refractivity contribution >= 4 is 23.2 Å². The number of alkyl halides is 1. The molecule has 0 spiro atoms. The topological polar surface area (TPSA) is 75.1 Å². The van der Waals surface area contributed by atoms with Crippen LogP contribution >= 0.6 is 11.3 Å². The highest BCUT2D eigenvalue weighted by Gasteiger charge is 2.32. The number of halogens is 1. The third-order valence-corrected chi connectivity index (χ3v) is 4.62. The van der Waals surface area contributed by atoms with Crippen molar-refractivity contribution in [3.8, 4) is 0 Å². The zero-order valence-electron chi connectivity index (χ0n) is 12.8. The summed E-state index contributed by atoms with van der Waals surface area (Å²) >= 11 is 1.56. The first kappa shape index (κ1) is 15.9. The summed E-state index contributed by atoms with van der Waals surface area (Å²) in [4.78, 5) is 18.2. The molecule has 2 atom stereocenters. The molecule has 0 bridgehead atoms. The van der Waals surface area contributed by atoms with E-state index in [4.69, 9.17) is 0 Å². The highest BCUT2D eigenvalue weighted by Crippen LogP contribution is 2.23. The van der Waals surface area contributed by atoms with Gasteiger partial charge in [-0.3, -0.25) is 14.9 Å². The smallest absolute Gasteiger partial charge is 0.320 e. The number of amides is 2. The quantitative estimate of drug-likeness (QED) is 0.868. The van der Waals surface area contributed by atoms with Gasteiger partial charge in [-0.05, 0) is 6.42 Å². The monoisotopic (exact) mass is 338 g/mol. The number of anilines is 1. The number of likely N-dealkylation sites (tertiary alicyclic amines) is 1. The van der Waals surface area contributed by atoms with E-state index >= 15 is 0 Å². The summed E-state index contributed by atoms with van der Waals surface area (Å²) in [7, 11) is 1.75. The van der Waals surface area contributed by atoms with Crippen LogP contribution < -0.4 is 10.6 Å². The third kappa shape index (κ3) is 4.05. The molecule has 1 saturated heterocycles. The van der Waals surface area contributed by atoms with Crippen molar-refractivity contribution in [1.82, 2.24) is 25.0 Å². The summed E-state index contributed by atoms with van der Waals surface area (Å²) in [5, 5.41) is 12.4. The molecule has 0 aliphatic carbocycles. The molecule has 2 N–H and O–H groups in total. The van der Waals surface area contributed by atoms with Crippen LogP contribution in [0.1, 0.15) is 11.4 Å². The summed E-state index contributed by atoms with van der Waals surface area (Å²) in [5.41, 5.74) is 0. The molecule has 0 unspecified atom stereocenters. The fourth-order valence-electron chi connectivity index (χ4n) is 2.70. The zero-order valence-corrected chi connectivity index (χ0v) is 13.6. The van der Waals surface area contributed by atoms with Gasteiger partial charge in [0.1, 0.15) is 17.0 Å². The van der Waals surface area contributed by atoms with Gasteiger partial charge in [-0.1, -0.05) is 0 Å². The Bertz CT molecular complexity index is 645. The number of hydrogen-bond donors (Lipinski definition) is 2. The third-order valence-electron chi connectivity index (χ3n) is 3.86. The minimum Gasteiger partial charge on any atom is -0.336 e. The molecule has 2 aromatic rings. The van der Waals surface area contributed by atoms with E-state index in [1.807, 2.05) is 10.3 Å². The van der Waals surface area contributed by atoms with Gasteiger partial charge in [0.15, 0.2) is 0 Å². The molecular weight excluding hydrogens is 319 g/mol. The van der Waals surface area contributed by atoms with Gasteiger partial charge in [0.2, 0.25) is 0 Å². The molecule has 0 saturated carbocycles. The van der Waals surface area contributed by atoms with Crippen LogP contribution in [0.25, 0.3) is 0 Å². The summed E-state index contributed by atoms with van der Waals surface area (Å²) in [6.07, 6.45) is 2.92. The Morgan fingerprint density at radius 2 is 2.39 bits per heavy atom. The van der Waals surface area contributed by atoms with Gasteiger partial charge < -0.3 is 5.32 Å². The molecule has 2 amide bonds. The number of aromatic nitrogens is 3. The van der Waals surface area contributed by atoms with Crippen LogP contribution in [-0.4, -0.2) is 51.0 Å². The van der Waals surface area contributed by atoms with Crippen LogP contribution in [0.3, 0.4) is 0 Å². The minimum absolute atomic E-state index is 0.0220. The van der Waals surface area contributed by atoms with E-state index < -0.39 is 6.17 Å². The number of thiazole rings is 1. The molecule has 7 nitrogen and oxygen atoms in total. The zero-order chi connectivity index (χ0) is 16.2. The number of aryl methyl sites for hydroxylation is 1. The molecule has 2 aromatic heterocycles. The normalized spacial score (nSPS) is 21.5. The first-order valence-electron chi connectivity index (χ1n) is 7.41. The van der Waals surface area contributed by atoms with E-state index in [1.54, 1.807) is 41.5 Å². The molecular formula is C14H19FN6OS. The van der Waals surface area contributed by atoms with Crippen LogP contribution in [0.2, 0.25) is 0 Å². The van der Waals surface area contributed by atoms with Gasteiger partial charge in [-0.15, -0.1) is 11.3 Å². The number of nitrogens with one attached hydrogen (secondary N) is 2. The van der Waals surface area contributed by atoms with Crippen molar-refractivity contribution in [3.63, 3.8) is 0 Å². The van der Waals surface area contributed by atoms with Gasteiger partial charge >= 0.3 is 6.03 Å². The molecule has 9 heteroatoms. The fourth-order valence-corrected chi connectivity index (χ4v) is 3.34. The van der Waals surface area contributed by atoms with Gasteiger partial charge in [0.25, 0.3) is 0 Å². The van der Waals surface area contributed by atoms with Crippen LogP contribution in [0.5, 0.6) is 0 Å². The maximum absolute atomic E-state index is 13.7. The number of rotatable bonds is 5. The van der Waals surface area contributed by atoms with E-state index in [0.29, 0.717) is 31.9 Å². The van der Waals surface area contributed by atoms with E-state index in [9.17, 15) is 9.18 Å². The summed E-state index contributed by atoms with van der Waals surface area (Å²) in [6, 6.07) is 1.37. The van der Waals surface area contributed by atoms with Crippen LogP contribution in [0, 0.1) is 0 Å². The standard InChI is InChI=1S/C14H19FN6OS/c1-20-12(2-3-18-20)19-14(22)17-7-11-6-10(15)8-21(11)9-13-16-4-5-23-13/h2-5,10-11H,6-9H2,1H3,(H2,17,19,22)/t10-,11-/m0/s1. The Hall–Kier alpha value is -2.00. The Labute approximate surface area is 137 Å². The molecule has 23 heavy (non-hydrogen) atoms. The van der Waals surface area contributed by atoms with Crippen molar-refractivity contribution in [3.05, 3.63) is 28.8 Å². The molecule has 1 fully saturated rings. The highest BCUT2D eigenvalue weighted by atomic mass is 32.1. The lowest BCUT2D eigenvalue weighted by Crippen LogP contribution is -2.41. The maximum atomic E-state index is 13.7. The summed E-state index contributed by atoms with van der Waals surface area (Å²) < 4.78 is 15.3. The molecule has 1 aliphatic heterocycles. The number of carbonyl (C=O) groups excluding carboxylic acids is 1. The van der Waals surface area contributed by atoms with Gasteiger partial charge in [-0.25, -0.2) is 14.2 Å². The average Bonchev–Trinajstić information content (AvgIpc) is 3.22. The molecule has 3 rings (SSSR count). The second-order valence-corrected chi connectivity index (χ2v) is 6.50. The summed E-state index contributed by atoms with van der Waals surface area (Å²) in [5.74, 6) is 0.608. The van der Waals surface area contributed by atoms with Crippen LogP contribution in [-0.2, 0) is 13.6 Å². The Morgan fingerprint density at radius 1 is 1.52 bits per heavy atom.